The van der Waals surface area contributed by atoms with Crippen LogP contribution in [0.4, 0.5) is 4.39 Å². The summed E-state index contributed by atoms with van der Waals surface area (Å²) in [6.45, 7) is 1.68. The van der Waals surface area contributed by atoms with Crippen LogP contribution in [0, 0.1) is 12.7 Å². The third kappa shape index (κ3) is 2.59. The van der Waals surface area contributed by atoms with E-state index in [1.165, 1.54) is 42.0 Å². The van der Waals surface area contributed by atoms with Crippen molar-refractivity contribution in [2.45, 2.75) is 6.92 Å². The van der Waals surface area contributed by atoms with Crippen molar-refractivity contribution < 1.29 is 13.9 Å². The highest BCUT2D eigenvalue weighted by atomic mass is 19.1. The van der Waals surface area contributed by atoms with Gasteiger partial charge in [0.05, 0.1) is 29.3 Å². The number of rotatable bonds is 2. The first-order chi connectivity index (χ1) is 11.0. The van der Waals surface area contributed by atoms with Crippen molar-refractivity contribution in [3.63, 3.8) is 0 Å². The Morgan fingerprint density at radius 3 is 2.57 bits per heavy atom. The van der Waals surface area contributed by atoms with Gasteiger partial charge in [-0.1, -0.05) is 0 Å². The van der Waals surface area contributed by atoms with E-state index in [0.29, 0.717) is 22.3 Å². The minimum Gasteiger partial charge on any atom is -0.465 e. The van der Waals surface area contributed by atoms with E-state index in [2.05, 4.69) is 4.98 Å². The highest BCUT2D eigenvalue weighted by Crippen LogP contribution is 2.16. The maximum absolute atomic E-state index is 13.0. The maximum Gasteiger partial charge on any atom is 0.339 e. The zero-order valence-electron chi connectivity index (χ0n) is 12.5. The fourth-order valence-corrected chi connectivity index (χ4v) is 2.39. The molecule has 6 heteroatoms. The quantitative estimate of drug-likeness (QED) is 0.683. The molecule has 5 nitrogen and oxygen atoms in total. The standard InChI is InChI=1S/C17H13FN2O3/c1-10-13(17(22)23-2)9-14-15(19-10)7-8-20(16(14)21)12-5-3-11(18)4-6-12/h3-9H,1-2H3. The molecular formula is C17H13FN2O3. The van der Waals surface area contributed by atoms with Crippen molar-refractivity contribution in [1.82, 2.24) is 9.55 Å². The number of pyridine rings is 2. The molecule has 0 spiro atoms. The number of carbonyl (C=O) groups excluding carboxylic acids is 1. The summed E-state index contributed by atoms with van der Waals surface area (Å²) in [6, 6.07) is 8.72. The molecule has 0 aliphatic carbocycles. The molecule has 0 atom stereocenters. The van der Waals surface area contributed by atoms with Gasteiger partial charge in [-0.25, -0.2) is 9.18 Å². The van der Waals surface area contributed by atoms with Gasteiger partial charge in [0.25, 0.3) is 5.56 Å². The van der Waals surface area contributed by atoms with Crippen molar-refractivity contribution >= 4 is 16.9 Å². The molecular weight excluding hydrogens is 299 g/mol. The summed E-state index contributed by atoms with van der Waals surface area (Å²) in [6.07, 6.45) is 1.57. The lowest BCUT2D eigenvalue weighted by Gasteiger charge is -2.09. The Labute approximate surface area is 131 Å². The van der Waals surface area contributed by atoms with Gasteiger partial charge in [-0.3, -0.25) is 14.3 Å². The third-order valence-electron chi connectivity index (χ3n) is 3.58. The second-order valence-electron chi connectivity index (χ2n) is 5.01. The van der Waals surface area contributed by atoms with Crippen LogP contribution in [0.15, 0.2) is 47.4 Å². The van der Waals surface area contributed by atoms with Crippen molar-refractivity contribution in [3.8, 4) is 5.69 Å². The Kier molecular flexibility index (Phi) is 3.65. The summed E-state index contributed by atoms with van der Waals surface area (Å²) in [5, 5.41) is 0.294. The molecule has 0 aliphatic rings. The van der Waals surface area contributed by atoms with E-state index < -0.39 is 5.97 Å². The number of aryl methyl sites for hydroxylation is 1. The van der Waals surface area contributed by atoms with Crippen LogP contribution in [0.3, 0.4) is 0 Å². The van der Waals surface area contributed by atoms with E-state index >= 15 is 0 Å². The van der Waals surface area contributed by atoms with E-state index in [9.17, 15) is 14.0 Å². The number of halogens is 1. The van der Waals surface area contributed by atoms with E-state index in [-0.39, 0.29) is 16.9 Å². The van der Waals surface area contributed by atoms with Crippen molar-refractivity contribution in [2.24, 2.45) is 0 Å². The Hall–Kier alpha value is -3.02. The Morgan fingerprint density at radius 2 is 1.91 bits per heavy atom. The van der Waals surface area contributed by atoms with Gasteiger partial charge in [0.1, 0.15) is 5.82 Å². The van der Waals surface area contributed by atoms with E-state index in [4.69, 9.17) is 4.74 Å². The monoisotopic (exact) mass is 312 g/mol. The fourth-order valence-electron chi connectivity index (χ4n) is 2.39. The molecule has 0 bridgehead atoms. The van der Waals surface area contributed by atoms with Gasteiger partial charge < -0.3 is 4.74 Å². The third-order valence-corrected chi connectivity index (χ3v) is 3.58. The van der Waals surface area contributed by atoms with Crippen LogP contribution < -0.4 is 5.56 Å². The molecule has 1 aromatic carbocycles. The highest BCUT2D eigenvalue weighted by Gasteiger charge is 2.14. The van der Waals surface area contributed by atoms with Crippen LogP contribution in [0.5, 0.6) is 0 Å². The molecule has 0 fully saturated rings. The first kappa shape index (κ1) is 14.9. The number of benzene rings is 1. The van der Waals surface area contributed by atoms with E-state index in [0.717, 1.165) is 0 Å². The van der Waals surface area contributed by atoms with Gasteiger partial charge in [-0.05, 0) is 43.3 Å². The summed E-state index contributed by atoms with van der Waals surface area (Å²) < 4.78 is 19.1. The molecule has 0 radical (unpaired) electrons. The lowest BCUT2D eigenvalue weighted by Crippen LogP contribution is -2.19. The number of methoxy groups -OCH3 is 1. The number of fused-ring (bicyclic) bond motifs is 1. The molecule has 2 heterocycles. The summed E-state index contributed by atoms with van der Waals surface area (Å²) in [5.41, 5.74) is 1.40. The fraction of sp³-hybridized carbons (Fsp3) is 0.118. The van der Waals surface area contributed by atoms with Gasteiger partial charge in [0.2, 0.25) is 0 Å². The van der Waals surface area contributed by atoms with Gasteiger partial charge >= 0.3 is 5.97 Å². The smallest absolute Gasteiger partial charge is 0.339 e. The zero-order chi connectivity index (χ0) is 16.6. The van der Waals surface area contributed by atoms with Crippen molar-refractivity contribution in [3.05, 3.63) is 70.0 Å². The number of ether oxygens (including phenoxy) is 1. The number of hydrogen-bond acceptors (Lipinski definition) is 4. The first-order valence-corrected chi connectivity index (χ1v) is 6.88. The molecule has 0 N–H and O–H groups in total. The topological polar surface area (TPSA) is 61.2 Å². The SMILES string of the molecule is COC(=O)c1cc2c(=O)n(-c3ccc(F)cc3)ccc2nc1C. The number of nitrogens with zero attached hydrogens (tertiary/aromatic N) is 2. The number of carbonyl (C=O) groups is 1. The molecule has 0 aliphatic heterocycles. The Morgan fingerprint density at radius 1 is 1.22 bits per heavy atom. The van der Waals surface area contributed by atoms with Crippen LogP contribution in [0.25, 0.3) is 16.6 Å². The molecule has 0 saturated heterocycles. The van der Waals surface area contributed by atoms with Crippen LogP contribution in [-0.2, 0) is 4.74 Å². The van der Waals surface area contributed by atoms with Crippen LogP contribution in [-0.4, -0.2) is 22.6 Å². The second-order valence-corrected chi connectivity index (χ2v) is 5.01. The molecule has 2 aromatic heterocycles. The van der Waals surface area contributed by atoms with Crippen LogP contribution >= 0.6 is 0 Å². The minimum absolute atomic E-state index is 0.244. The lowest BCUT2D eigenvalue weighted by atomic mass is 10.1. The molecule has 3 rings (SSSR count). The molecule has 116 valence electrons. The van der Waals surface area contributed by atoms with E-state index in [1.807, 2.05) is 0 Å². The summed E-state index contributed by atoms with van der Waals surface area (Å²) in [4.78, 5) is 28.7. The highest BCUT2D eigenvalue weighted by molar-refractivity contribution is 5.94. The van der Waals surface area contributed by atoms with Gasteiger partial charge in [0, 0.05) is 11.9 Å². The number of aromatic nitrogens is 2. The minimum atomic E-state index is -0.548. The average molecular weight is 312 g/mol. The summed E-state index contributed by atoms with van der Waals surface area (Å²) in [5.74, 6) is -0.929. The summed E-state index contributed by atoms with van der Waals surface area (Å²) in [7, 11) is 1.27. The molecule has 0 saturated carbocycles. The molecule has 0 amide bonds. The average Bonchev–Trinajstić information content (AvgIpc) is 2.55. The van der Waals surface area contributed by atoms with Gasteiger partial charge in [0.15, 0.2) is 0 Å². The second kappa shape index (κ2) is 5.64. The van der Waals surface area contributed by atoms with Gasteiger partial charge in [-0.2, -0.15) is 0 Å². The van der Waals surface area contributed by atoms with Crippen LogP contribution in [0.2, 0.25) is 0 Å². The molecule has 0 unspecified atom stereocenters. The lowest BCUT2D eigenvalue weighted by molar-refractivity contribution is 0.0599. The van der Waals surface area contributed by atoms with Gasteiger partial charge in [-0.15, -0.1) is 0 Å². The molecule has 3 aromatic rings. The zero-order valence-corrected chi connectivity index (χ0v) is 12.5. The maximum atomic E-state index is 13.0. The van der Waals surface area contributed by atoms with Crippen molar-refractivity contribution in [1.29, 1.82) is 0 Å². The Bertz CT molecular complexity index is 962. The largest absolute Gasteiger partial charge is 0.465 e. The van der Waals surface area contributed by atoms with Crippen LogP contribution in [0.1, 0.15) is 16.1 Å². The number of esters is 1. The predicted molar refractivity (Wildman–Crippen MR) is 83.4 cm³/mol. The predicted octanol–water partition coefficient (Wildman–Crippen LogP) is 2.62. The van der Waals surface area contributed by atoms with Crippen molar-refractivity contribution in [2.75, 3.05) is 7.11 Å². The summed E-state index contributed by atoms with van der Waals surface area (Å²) >= 11 is 0. The first-order valence-electron chi connectivity index (χ1n) is 6.88. The van der Waals surface area contributed by atoms with E-state index in [1.54, 1.807) is 19.2 Å². The molecule has 23 heavy (non-hydrogen) atoms. The number of hydrogen-bond donors (Lipinski definition) is 0. The normalized spacial score (nSPS) is 10.7. The Balaban J connectivity index is 2.25.